The molecule has 0 bridgehead atoms. The third-order valence-corrected chi connectivity index (χ3v) is 3.44. The van der Waals surface area contributed by atoms with Gasteiger partial charge in [0, 0.05) is 4.90 Å². The van der Waals surface area contributed by atoms with Gasteiger partial charge in [-0.3, -0.25) is 10.1 Å². The number of aromatic nitrogens is 2. The standard InChI is InChI=1S/C11H8ClN3O2S/c1-7-2-4-8(5-3-7)18-11-9(15(16)17)10(12)13-6-14-11/h2-6H,1H3. The molecule has 0 aliphatic heterocycles. The van der Waals surface area contributed by atoms with Crippen molar-refractivity contribution in [2.75, 3.05) is 0 Å². The van der Waals surface area contributed by atoms with E-state index in [0.717, 1.165) is 10.5 Å². The lowest BCUT2D eigenvalue weighted by atomic mass is 10.2. The highest BCUT2D eigenvalue weighted by Gasteiger charge is 2.22. The van der Waals surface area contributed by atoms with Gasteiger partial charge in [0.15, 0.2) is 5.03 Å². The molecule has 1 aromatic carbocycles. The number of nitrogens with zero attached hydrogens (tertiary/aromatic N) is 3. The lowest BCUT2D eigenvalue weighted by Crippen LogP contribution is -1.96. The maximum atomic E-state index is 10.9. The third kappa shape index (κ3) is 2.77. The molecule has 0 saturated carbocycles. The van der Waals surface area contributed by atoms with Crippen molar-refractivity contribution in [3.63, 3.8) is 0 Å². The second kappa shape index (κ2) is 5.32. The van der Waals surface area contributed by atoms with E-state index in [0.29, 0.717) is 0 Å². The Morgan fingerprint density at radius 1 is 1.28 bits per heavy atom. The van der Waals surface area contributed by atoms with Crippen LogP contribution in [0.1, 0.15) is 5.56 Å². The largest absolute Gasteiger partial charge is 0.338 e. The van der Waals surface area contributed by atoms with E-state index in [1.54, 1.807) is 0 Å². The van der Waals surface area contributed by atoms with E-state index in [4.69, 9.17) is 11.6 Å². The first-order valence-electron chi connectivity index (χ1n) is 4.97. The fraction of sp³-hybridized carbons (Fsp3) is 0.0909. The van der Waals surface area contributed by atoms with Gasteiger partial charge in [-0.2, -0.15) is 0 Å². The Labute approximate surface area is 112 Å². The van der Waals surface area contributed by atoms with Crippen LogP contribution in [0.25, 0.3) is 0 Å². The molecule has 0 unspecified atom stereocenters. The van der Waals surface area contributed by atoms with Crippen LogP contribution >= 0.6 is 23.4 Å². The van der Waals surface area contributed by atoms with Crippen molar-refractivity contribution in [3.05, 3.63) is 51.4 Å². The molecular weight excluding hydrogens is 274 g/mol. The number of nitro groups is 1. The molecule has 5 nitrogen and oxygen atoms in total. The zero-order valence-corrected chi connectivity index (χ0v) is 10.9. The molecular formula is C11H8ClN3O2S. The van der Waals surface area contributed by atoms with Gasteiger partial charge < -0.3 is 0 Å². The molecule has 1 heterocycles. The van der Waals surface area contributed by atoms with Gasteiger partial charge in [0.2, 0.25) is 5.15 Å². The summed E-state index contributed by atoms with van der Waals surface area (Å²) in [6.45, 7) is 1.97. The molecule has 0 aliphatic carbocycles. The van der Waals surface area contributed by atoms with Gasteiger partial charge in [0.25, 0.3) is 0 Å². The SMILES string of the molecule is Cc1ccc(Sc2ncnc(Cl)c2[N+](=O)[O-])cc1. The van der Waals surface area contributed by atoms with Crippen LogP contribution in [0.15, 0.2) is 40.5 Å². The summed E-state index contributed by atoms with van der Waals surface area (Å²) in [6.07, 6.45) is 1.21. The highest BCUT2D eigenvalue weighted by atomic mass is 35.5. The number of halogens is 1. The molecule has 0 spiro atoms. The fourth-order valence-electron chi connectivity index (χ4n) is 1.29. The van der Waals surface area contributed by atoms with Crippen LogP contribution < -0.4 is 0 Å². The predicted molar refractivity (Wildman–Crippen MR) is 69.0 cm³/mol. The van der Waals surface area contributed by atoms with E-state index in [1.165, 1.54) is 18.1 Å². The number of aryl methyl sites for hydroxylation is 1. The molecule has 7 heteroatoms. The van der Waals surface area contributed by atoms with Crippen molar-refractivity contribution >= 4 is 29.1 Å². The van der Waals surface area contributed by atoms with Crippen molar-refractivity contribution < 1.29 is 4.92 Å². The lowest BCUT2D eigenvalue weighted by molar-refractivity contribution is -0.388. The molecule has 0 saturated heterocycles. The Morgan fingerprint density at radius 3 is 2.56 bits per heavy atom. The van der Waals surface area contributed by atoms with Gasteiger partial charge in [-0.25, -0.2) is 9.97 Å². The first-order valence-corrected chi connectivity index (χ1v) is 6.17. The van der Waals surface area contributed by atoms with Crippen LogP contribution in [0.2, 0.25) is 5.15 Å². The fourth-order valence-corrected chi connectivity index (χ4v) is 2.41. The summed E-state index contributed by atoms with van der Waals surface area (Å²) in [5.74, 6) is 0. The van der Waals surface area contributed by atoms with Gasteiger partial charge in [0.05, 0.1) is 4.92 Å². The molecule has 0 radical (unpaired) electrons. The van der Waals surface area contributed by atoms with E-state index in [2.05, 4.69) is 9.97 Å². The first-order chi connectivity index (χ1) is 8.58. The number of hydrogen-bond donors (Lipinski definition) is 0. The average Bonchev–Trinajstić information content (AvgIpc) is 2.32. The Hall–Kier alpha value is -1.66. The van der Waals surface area contributed by atoms with Crippen LogP contribution in [-0.4, -0.2) is 14.9 Å². The van der Waals surface area contributed by atoms with Gasteiger partial charge in [0.1, 0.15) is 6.33 Å². The summed E-state index contributed by atoms with van der Waals surface area (Å²) in [7, 11) is 0. The quantitative estimate of drug-likeness (QED) is 0.489. The Kier molecular flexibility index (Phi) is 3.78. The number of hydrogen-bond acceptors (Lipinski definition) is 5. The molecule has 0 atom stereocenters. The smallest absolute Gasteiger partial charge is 0.258 e. The molecule has 0 fully saturated rings. The normalized spacial score (nSPS) is 10.3. The second-order valence-corrected chi connectivity index (χ2v) is 4.91. The maximum absolute atomic E-state index is 10.9. The Morgan fingerprint density at radius 2 is 1.94 bits per heavy atom. The molecule has 1 aromatic heterocycles. The minimum Gasteiger partial charge on any atom is -0.258 e. The monoisotopic (exact) mass is 281 g/mol. The summed E-state index contributed by atoms with van der Waals surface area (Å²) >= 11 is 6.90. The molecule has 2 aromatic rings. The number of benzene rings is 1. The van der Waals surface area contributed by atoms with E-state index < -0.39 is 4.92 Å². The summed E-state index contributed by atoms with van der Waals surface area (Å²) in [6, 6.07) is 7.60. The molecule has 0 N–H and O–H groups in total. The first kappa shape index (κ1) is 12.8. The van der Waals surface area contributed by atoms with Crippen LogP contribution in [0.3, 0.4) is 0 Å². The maximum Gasteiger partial charge on any atom is 0.338 e. The zero-order chi connectivity index (χ0) is 13.1. The van der Waals surface area contributed by atoms with Crippen LogP contribution in [0.4, 0.5) is 5.69 Å². The van der Waals surface area contributed by atoms with Crippen LogP contribution in [0.5, 0.6) is 0 Å². The summed E-state index contributed by atoms with van der Waals surface area (Å²) in [4.78, 5) is 18.7. The van der Waals surface area contributed by atoms with Crippen molar-refractivity contribution in [3.8, 4) is 0 Å². The van der Waals surface area contributed by atoms with E-state index in [1.807, 2.05) is 31.2 Å². The van der Waals surface area contributed by atoms with Crippen molar-refractivity contribution in [1.29, 1.82) is 0 Å². The van der Waals surface area contributed by atoms with Crippen LogP contribution in [-0.2, 0) is 0 Å². The van der Waals surface area contributed by atoms with Gasteiger partial charge in [-0.15, -0.1) is 0 Å². The second-order valence-electron chi connectivity index (χ2n) is 3.49. The van der Waals surface area contributed by atoms with E-state index in [9.17, 15) is 10.1 Å². The van der Waals surface area contributed by atoms with Crippen molar-refractivity contribution in [2.24, 2.45) is 0 Å². The Bertz CT molecular complexity index is 589. The lowest BCUT2D eigenvalue weighted by Gasteiger charge is -2.02. The summed E-state index contributed by atoms with van der Waals surface area (Å²) in [5.41, 5.74) is 0.860. The van der Waals surface area contributed by atoms with E-state index in [-0.39, 0.29) is 15.9 Å². The average molecular weight is 282 g/mol. The zero-order valence-electron chi connectivity index (χ0n) is 9.33. The molecule has 0 aliphatic rings. The van der Waals surface area contributed by atoms with E-state index >= 15 is 0 Å². The molecule has 18 heavy (non-hydrogen) atoms. The topological polar surface area (TPSA) is 68.9 Å². The minimum atomic E-state index is -0.571. The van der Waals surface area contributed by atoms with Gasteiger partial charge >= 0.3 is 5.69 Å². The summed E-state index contributed by atoms with van der Waals surface area (Å²) in [5, 5.41) is 11.0. The number of rotatable bonds is 3. The molecule has 0 amide bonds. The Balaban J connectivity index is 2.37. The van der Waals surface area contributed by atoms with Crippen molar-refractivity contribution in [2.45, 2.75) is 16.8 Å². The van der Waals surface area contributed by atoms with Crippen molar-refractivity contribution in [1.82, 2.24) is 9.97 Å². The third-order valence-electron chi connectivity index (χ3n) is 2.16. The van der Waals surface area contributed by atoms with Crippen LogP contribution in [0, 0.1) is 17.0 Å². The molecule has 2 rings (SSSR count). The van der Waals surface area contributed by atoms with Gasteiger partial charge in [-0.05, 0) is 19.1 Å². The summed E-state index contributed by atoms with van der Waals surface area (Å²) < 4.78 is 0. The highest BCUT2D eigenvalue weighted by molar-refractivity contribution is 7.99. The van der Waals surface area contributed by atoms with Gasteiger partial charge in [-0.1, -0.05) is 41.1 Å². The minimum absolute atomic E-state index is 0.149. The predicted octanol–water partition coefficient (Wildman–Crippen LogP) is 3.50. The molecule has 92 valence electrons. The highest BCUT2D eigenvalue weighted by Crippen LogP contribution is 2.35.